The third kappa shape index (κ3) is 3.88. The van der Waals surface area contributed by atoms with E-state index < -0.39 is 0 Å². The first-order valence-corrected chi connectivity index (χ1v) is 9.00. The quantitative estimate of drug-likeness (QED) is 0.737. The number of aromatic nitrogens is 5. The van der Waals surface area contributed by atoms with Crippen molar-refractivity contribution in [1.82, 2.24) is 30.0 Å². The molecule has 7 heteroatoms. The van der Waals surface area contributed by atoms with E-state index in [0.717, 1.165) is 61.2 Å². The molecule has 7 nitrogen and oxygen atoms in total. The molecule has 0 bridgehead atoms. The fourth-order valence-electron chi connectivity index (χ4n) is 3.46. The van der Waals surface area contributed by atoms with Gasteiger partial charge in [-0.2, -0.15) is 5.10 Å². The summed E-state index contributed by atoms with van der Waals surface area (Å²) in [6.45, 7) is 4.99. The van der Waals surface area contributed by atoms with Gasteiger partial charge in [-0.3, -0.25) is 15.0 Å². The molecule has 0 aliphatic carbocycles. The molecular formula is C19H23N7. The number of pyridine rings is 1. The van der Waals surface area contributed by atoms with Gasteiger partial charge in [-0.25, -0.2) is 9.97 Å². The molecule has 0 spiro atoms. The Labute approximate surface area is 152 Å². The number of hydrogen-bond acceptors (Lipinski definition) is 6. The number of piperidine rings is 1. The Morgan fingerprint density at radius 1 is 1.12 bits per heavy atom. The van der Waals surface area contributed by atoms with Crippen molar-refractivity contribution in [3.63, 3.8) is 0 Å². The predicted octanol–water partition coefficient (Wildman–Crippen LogP) is 3.03. The SMILES string of the molecule is Cc1cccc(Nc2nccnc2C2CCN(Cc3ccn[nH]3)CC2)n1. The Morgan fingerprint density at radius 2 is 1.96 bits per heavy atom. The van der Waals surface area contributed by atoms with Crippen LogP contribution in [0.25, 0.3) is 0 Å². The Bertz CT molecular complexity index is 839. The molecule has 4 rings (SSSR count). The van der Waals surface area contributed by atoms with Crippen LogP contribution in [0.2, 0.25) is 0 Å². The zero-order chi connectivity index (χ0) is 17.8. The van der Waals surface area contributed by atoms with Gasteiger partial charge in [0.15, 0.2) is 5.82 Å². The largest absolute Gasteiger partial charge is 0.323 e. The molecule has 0 aromatic carbocycles. The van der Waals surface area contributed by atoms with Crippen LogP contribution in [0, 0.1) is 6.92 Å². The monoisotopic (exact) mass is 349 g/mol. The van der Waals surface area contributed by atoms with E-state index in [9.17, 15) is 0 Å². The minimum absolute atomic E-state index is 0.411. The van der Waals surface area contributed by atoms with Gasteiger partial charge in [-0.05, 0) is 51.1 Å². The molecule has 0 radical (unpaired) electrons. The van der Waals surface area contributed by atoms with Crippen LogP contribution in [-0.4, -0.2) is 43.1 Å². The smallest absolute Gasteiger partial charge is 0.153 e. The third-order valence-electron chi connectivity index (χ3n) is 4.79. The number of nitrogens with one attached hydrogen (secondary N) is 2. The molecule has 1 aliphatic rings. The number of nitrogens with zero attached hydrogens (tertiary/aromatic N) is 5. The molecule has 1 fully saturated rings. The summed E-state index contributed by atoms with van der Waals surface area (Å²) in [5.74, 6) is 2.04. The first-order valence-electron chi connectivity index (χ1n) is 9.00. The molecule has 0 amide bonds. The minimum atomic E-state index is 0.411. The standard InChI is InChI=1S/C19H23N7/c1-14-3-2-4-17(23-14)24-19-18(20-9-10-21-19)15-6-11-26(12-7-15)13-16-5-8-22-25-16/h2-5,8-10,15H,6-7,11-13H2,1H3,(H,22,25)(H,21,23,24). The van der Waals surface area contributed by atoms with Crippen LogP contribution < -0.4 is 5.32 Å². The topological polar surface area (TPSA) is 82.6 Å². The third-order valence-corrected chi connectivity index (χ3v) is 4.79. The maximum atomic E-state index is 4.63. The number of aromatic amines is 1. The van der Waals surface area contributed by atoms with Crippen molar-refractivity contribution in [3.8, 4) is 0 Å². The predicted molar refractivity (Wildman–Crippen MR) is 100 cm³/mol. The number of likely N-dealkylation sites (tertiary alicyclic amines) is 1. The van der Waals surface area contributed by atoms with Crippen LogP contribution in [0.3, 0.4) is 0 Å². The van der Waals surface area contributed by atoms with Crippen molar-refractivity contribution >= 4 is 11.6 Å². The van der Waals surface area contributed by atoms with Crippen molar-refractivity contribution < 1.29 is 0 Å². The Hall–Kier alpha value is -2.80. The van der Waals surface area contributed by atoms with Crippen LogP contribution in [-0.2, 0) is 6.54 Å². The van der Waals surface area contributed by atoms with Gasteiger partial charge < -0.3 is 5.32 Å². The zero-order valence-corrected chi connectivity index (χ0v) is 14.9. The van der Waals surface area contributed by atoms with Crippen molar-refractivity contribution in [2.75, 3.05) is 18.4 Å². The average Bonchev–Trinajstić information content (AvgIpc) is 3.16. The second kappa shape index (κ2) is 7.61. The van der Waals surface area contributed by atoms with E-state index in [1.54, 1.807) is 18.6 Å². The number of aryl methyl sites for hydroxylation is 1. The highest BCUT2D eigenvalue weighted by atomic mass is 15.2. The van der Waals surface area contributed by atoms with Gasteiger partial charge in [0, 0.05) is 42.4 Å². The Balaban J connectivity index is 1.43. The van der Waals surface area contributed by atoms with E-state index in [-0.39, 0.29) is 0 Å². The highest BCUT2D eigenvalue weighted by Gasteiger charge is 2.24. The second-order valence-corrected chi connectivity index (χ2v) is 6.71. The lowest BCUT2D eigenvalue weighted by atomic mass is 9.93. The molecule has 134 valence electrons. The summed E-state index contributed by atoms with van der Waals surface area (Å²) in [6.07, 6.45) is 7.46. The summed E-state index contributed by atoms with van der Waals surface area (Å²) >= 11 is 0. The Morgan fingerprint density at radius 3 is 2.73 bits per heavy atom. The summed E-state index contributed by atoms with van der Waals surface area (Å²) in [6, 6.07) is 7.97. The fourth-order valence-corrected chi connectivity index (χ4v) is 3.46. The molecule has 4 heterocycles. The van der Waals surface area contributed by atoms with Gasteiger partial charge >= 0.3 is 0 Å². The van der Waals surface area contributed by atoms with Gasteiger partial charge in [-0.15, -0.1) is 0 Å². The van der Waals surface area contributed by atoms with Crippen LogP contribution in [0.15, 0.2) is 42.9 Å². The van der Waals surface area contributed by atoms with E-state index in [4.69, 9.17) is 0 Å². The first-order chi connectivity index (χ1) is 12.8. The molecule has 0 atom stereocenters. The molecule has 3 aromatic rings. The van der Waals surface area contributed by atoms with Crippen LogP contribution >= 0.6 is 0 Å². The first kappa shape index (κ1) is 16.7. The molecule has 3 aromatic heterocycles. The van der Waals surface area contributed by atoms with Gasteiger partial charge in [-0.1, -0.05) is 6.07 Å². The van der Waals surface area contributed by atoms with E-state index in [1.165, 1.54) is 0 Å². The molecule has 1 saturated heterocycles. The maximum Gasteiger partial charge on any atom is 0.153 e. The second-order valence-electron chi connectivity index (χ2n) is 6.71. The van der Waals surface area contributed by atoms with Crippen LogP contribution in [0.5, 0.6) is 0 Å². The fraction of sp³-hybridized carbons (Fsp3) is 0.368. The van der Waals surface area contributed by atoms with Crippen molar-refractivity contribution in [1.29, 1.82) is 0 Å². The summed E-state index contributed by atoms with van der Waals surface area (Å²) in [7, 11) is 0. The number of H-pyrrole nitrogens is 1. The minimum Gasteiger partial charge on any atom is -0.323 e. The van der Waals surface area contributed by atoms with Crippen LogP contribution in [0.1, 0.15) is 35.8 Å². The highest BCUT2D eigenvalue weighted by molar-refractivity contribution is 5.54. The molecule has 26 heavy (non-hydrogen) atoms. The molecule has 2 N–H and O–H groups in total. The van der Waals surface area contributed by atoms with Crippen LogP contribution in [0.4, 0.5) is 11.6 Å². The lowest BCUT2D eigenvalue weighted by Gasteiger charge is -2.31. The van der Waals surface area contributed by atoms with Gasteiger partial charge in [0.1, 0.15) is 5.82 Å². The summed E-state index contributed by atoms with van der Waals surface area (Å²) in [5, 5.41) is 10.4. The average molecular weight is 349 g/mol. The lowest BCUT2D eigenvalue weighted by Crippen LogP contribution is -2.33. The Kier molecular flexibility index (Phi) is 4.88. The van der Waals surface area contributed by atoms with Gasteiger partial charge in [0.05, 0.1) is 5.69 Å². The van der Waals surface area contributed by atoms with Gasteiger partial charge in [0.2, 0.25) is 0 Å². The molecule has 0 saturated carbocycles. The van der Waals surface area contributed by atoms with E-state index in [1.807, 2.05) is 31.2 Å². The zero-order valence-electron chi connectivity index (χ0n) is 14.9. The van der Waals surface area contributed by atoms with E-state index >= 15 is 0 Å². The normalized spacial score (nSPS) is 15.9. The molecular weight excluding hydrogens is 326 g/mol. The summed E-state index contributed by atoms with van der Waals surface area (Å²) < 4.78 is 0. The summed E-state index contributed by atoms with van der Waals surface area (Å²) in [5.41, 5.74) is 3.18. The van der Waals surface area contributed by atoms with E-state index in [2.05, 4.69) is 35.4 Å². The summed E-state index contributed by atoms with van der Waals surface area (Å²) in [4.78, 5) is 16.1. The van der Waals surface area contributed by atoms with Gasteiger partial charge in [0.25, 0.3) is 0 Å². The van der Waals surface area contributed by atoms with Crippen molar-refractivity contribution in [2.24, 2.45) is 0 Å². The number of rotatable bonds is 5. The number of hydrogen-bond donors (Lipinski definition) is 2. The highest BCUT2D eigenvalue weighted by Crippen LogP contribution is 2.31. The van der Waals surface area contributed by atoms with Crippen molar-refractivity contribution in [2.45, 2.75) is 32.2 Å². The number of anilines is 2. The molecule has 1 aliphatic heterocycles. The van der Waals surface area contributed by atoms with Crippen molar-refractivity contribution in [3.05, 3.63) is 59.9 Å². The molecule has 0 unspecified atom stereocenters. The lowest BCUT2D eigenvalue weighted by molar-refractivity contribution is 0.201. The maximum absolute atomic E-state index is 4.63. The van der Waals surface area contributed by atoms with E-state index in [0.29, 0.717) is 5.92 Å².